The van der Waals surface area contributed by atoms with Crippen molar-refractivity contribution < 1.29 is 9.53 Å². The van der Waals surface area contributed by atoms with Crippen LogP contribution in [0.1, 0.15) is 125 Å². The highest BCUT2D eigenvalue weighted by Gasteiger charge is 2.51. The molecule has 7 saturated carbocycles. The minimum atomic E-state index is -1.86. The third kappa shape index (κ3) is 6.89. The number of fused-ring (bicyclic) bond motifs is 1. The fraction of sp³-hybridized carbons (Fsp3) is 0.762. The Bertz CT molecular complexity index is 1300. The zero-order chi connectivity index (χ0) is 32.2. The Morgan fingerprint density at radius 1 is 1.02 bits per heavy atom. The maximum absolute atomic E-state index is 10.9. The van der Waals surface area contributed by atoms with Crippen LogP contribution in [0.2, 0.25) is 18.1 Å². The fourth-order valence-electron chi connectivity index (χ4n) is 11.0. The first kappa shape index (κ1) is 33.4. The van der Waals surface area contributed by atoms with E-state index in [0.29, 0.717) is 23.2 Å². The van der Waals surface area contributed by atoms with Crippen LogP contribution in [0.3, 0.4) is 0 Å². The molecule has 45 heavy (non-hydrogen) atoms. The molecule has 246 valence electrons. The molecule has 2 unspecified atom stereocenters. The van der Waals surface area contributed by atoms with Crippen LogP contribution >= 0.6 is 0 Å². The summed E-state index contributed by atoms with van der Waals surface area (Å²) in [5.74, 6) is 17.4. The molecule has 7 rings (SSSR count). The van der Waals surface area contributed by atoms with Crippen LogP contribution in [0.5, 0.6) is 0 Å². The van der Waals surface area contributed by atoms with Gasteiger partial charge in [0.25, 0.3) is 0 Å². The number of rotatable bonds is 5. The van der Waals surface area contributed by atoms with E-state index in [1.807, 2.05) is 0 Å². The molecule has 0 aromatic carbocycles. The maximum atomic E-state index is 10.9. The molecule has 0 aliphatic heterocycles. The second-order valence-electron chi connectivity index (χ2n) is 18.5. The molecule has 7 fully saturated rings. The Hall–Kier alpha value is -1.52. The third-order valence-corrected chi connectivity index (χ3v) is 18.6. The molecule has 7 aliphatic rings. The van der Waals surface area contributed by atoms with Crippen molar-refractivity contribution in [2.24, 2.45) is 46.3 Å². The van der Waals surface area contributed by atoms with Crippen molar-refractivity contribution in [3.8, 4) is 23.7 Å². The van der Waals surface area contributed by atoms with Gasteiger partial charge < -0.3 is 9.53 Å². The van der Waals surface area contributed by atoms with Gasteiger partial charge in [0.05, 0.1) is 6.10 Å². The van der Waals surface area contributed by atoms with Crippen molar-refractivity contribution >= 4 is 8.32 Å². The molecule has 2 nitrogen and oxygen atoms in total. The zero-order valence-electron chi connectivity index (χ0n) is 29.7. The van der Waals surface area contributed by atoms with Gasteiger partial charge in [-0.1, -0.05) is 76.3 Å². The van der Waals surface area contributed by atoms with Gasteiger partial charge in [-0.25, -0.2) is 0 Å². The van der Waals surface area contributed by atoms with Crippen molar-refractivity contribution in [2.45, 2.75) is 155 Å². The smallest absolute Gasteiger partial charge is 0.192 e. The SMILES string of the molecule is C=C1[C@H](C)C/C(=C/C=C2\CCC[C@@]3(C)C2CC[C@@H]3C#CC#CC(O)CC23CC4CC(CC(C4)C2)C3)C[C@H]1O[Si](C)(C)C(C)(C)C. The van der Waals surface area contributed by atoms with Crippen LogP contribution in [0, 0.1) is 70.0 Å². The van der Waals surface area contributed by atoms with E-state index < -0.39 is 14.4 Å². The molecule has 0 saturated heterocycles. The van der Waals surface area contributed by atoms with Crippen LogP contribution in [0.25, 0.3) is 0 Å². The van der Waals surface area contributed by atoms with E-state index in [-0.39, 0.29) is 16.6 Å². The average Bonchev–Trinajstić information content (AvgIpc) is 3.27. The summed E-state index contributed by atoms with van der Waals surface area (Å²) in [5.41, 5.74) is 5.05. The third-order valence-electron chi connectivity index (χ3n) is 14.1. The van der Waals surface area contributed by atoms with Gasteiger partial charge >= 0.3 is 0 Å². The Balaban J connectivity index is 1.09. The molecular formula is C42H62O2Si. The molecule has 3 heteroatoms. The van der Waals surface area contributed by atoms with Gasteiger partial charge in [-0.05, 0) is 166 Å². The molecule has 1 N–H and O–H groups in total. The van der Waals surface area contributed by atoms with Crippen LogP contribution in [-0.4, -0.2) is 25.6 Å². The van der Waals surface area contributed by atoms with E-state index in [1.165, 1.54) is 81.8 Å². The van der Waals surface area contributed by atoms with Crippen molar-refractivity contribution in [1.29, 1.82) is 0 Å². The second-order valence-corrected chi connectivity index (χ2v) is 23.3. The van der Waals surface area contributed by atoms with E-state index in [0.717, 1.165) is 37.0 Å². The maximum Gasteiger partial charge on any atom is 0.192 e. The lowest BCUT2D eigenvalue weighted by molar-refractivity contribution is -0.0696. The highest BCUT2D eigenvalue weighted by molar-refractivity contribution is 6.74. The normalized spacial score (nSPS) is 41.8. The van der Waals surface area contributed by atoms with Gasteiger partial charge in [0.1, 0.15) is 6.10 Å². The van der Waals surface area contributed by atoms with Gasteiger partial charge in [0.2, 0.25) is 0 Å². The van der Waals surface area contributed by atoms with Gasteiger partial charge in [-0.3, -0.25) is 0 Å². The summed E-state index contributed by atoms with van der Waals surface area (Å²) in [6.07, 6.45) is 22.0. The van der Waals surface area contributed by atoms with Gasteiger partial charge in [-0.2, -0.15) is 0 Å². The molecular weight excluding hydrogens is 565 g/mol. The van der Waals surface area contributed by atoms with Crippen molar-refractivity contribution in [3.05, 3.63) is 35.5 Å². The number of hydrogen-bond donors (Lipinski definition) is 1. The fourth-order valence-corrected chi connectivity index (χ4v) is 12.3. The summed E-state index contributed by atoms with van der Waals surface area (Å²) in [5, 5.41) is 11.1. The Morgan fingerprint density at radius 2 is 1.69 bits per heavy atom. The molecule has 0 aromatic rings. The number of aliphatic hydroxyl groups excluding tert-OH is 1. The minimum absolute atomic E-state index is 0.147. The first-order valence-corrected chi connectivity index (χ1v) is 21.5. The molecule has 0 heterocycles. The molecule has 0 amide bonds. The summed E-state index contributed by atoms with van der Waals surface area (Å²) in [7, 11) is -1.86. The van der Waals surface area contributed by atoms with Crippen LogP contribution < -0.4 is 0 Å². The van der Waals surface area contributed by atoms with Crippen molar-refractivity contribution in [1.82, 2.24) is 0 Å². The van der Waals surface area contributed by atoms with E-state index in [1.54, 1.807) is 5.57 Å². The standard InChI is InChI=1S/C42H62O2Si/c1-29-20-31(24-39(30(29)2)44-45(7,8)40(3,4)5)15-16-35-12-11-19-41(6)36(17-18-38(35)41)13-9-10-14-37(43)28-42-25-32-21-33(26-42)23-34(22-32)27-42/h15-16,29,32-34,36-39,43H,2,11-12,17-28H2,1,3-8H3/b31-15-,35-16+/t29-,32?,33?,34?,36+,37?,38?,39-,41-,42?/m1/s1. The van der Waals surface area contributed by atoms with E-state index in [9.17, 15) is 5.11 Å². The zero-order valence-corrected chi connectivity index (χ0v) is 30.7. The van der Waals surface area contributed by atoms with E-state index >= 15 is 0 Å². The monoisotopic (exact) mass is 626 g/mol. The van der Waals surface area contributed by atoms with Gasteiger partial charge in [0.15, 0.2) is 8.32 Å². The first-order chi connectivity index (χ1) is 21.2. The van der Waals surface area contributed by atoms with Crippen LogP contribution in [0.15, 0.2) is 35.5 Å². The lowest BCUT2D eigenvalue weighted by Gasteiger charge is -2.57. The highest BCUT2D eigenvalue weighted by Crippen LogP contribution is 2.62. The molecule has 4 bridgehead atoms. The predicted molar refractivity (Wildman–Crippen MR) is 191 cm³/mol. The van der Waals surface area contributed by atoms with Crippen LogP contribution in [0.4, 0.5) is 0 Å². The summed E-state index contributed by atoms with van der Waals surface area (Å²) in [6, 6.07) is 0. The van der Waals surface area contributed by atoms with E-state index in [4.69, 9.17) is 4.43 Å². The number of hydrogen-bond acceptors (Lipinski definition) is 2. The summed E-state index contributed by atoms with van der Waals surface area (Å²) in [4.78, 5) is 0. The second kappa shape index (κ2) is 12.5. The highest BCUT2D eigenvalue weighted by atomic mass is 28.4. The quantitative estimate of drug-likeness (QED) is 0.187. The number of allylic oxidation sites excluding steroid dienone is 3. The van der Waals surface area contributed by atoms with Gasteiger partial charge in [-0.15, -0.1) is 0 Å². The van der Waals surface area contributed by atoms with Gasteiger partial charge in [0, 0.05) is 5.92 Å². The van der Waals surface area contributed by atoms with Crippen LogP contribution in [-0.2, 0) is 4.43 Å². The predicted octanol–water partition coefficient (Wildman–Crippen LogP) is 10.4. The minimum Gasteiger partial charge on any atom is -0.410 e. The largest absolute Gasteiger partial charge is 0.410 e. The topological polar surface area (TPSA) is 29.5 Å². The summed E-state index contributed by atoms with van der Waals surface area (Å²) in [6.45, 7) is 21.0. The Labute approximate surface area is 277 Å². The lowest BCUT2D eigenvalue weighted by atomic mass is 9.48. The average molecular weight is 627 g/mol. The summed E-state index contributed by atoms with van der Waals surface area (Å²) < 4.78 is 6.91. The number of aliphatic hydroxyl groups is 1. The molecule has 6 atom stereocenters. The molecule has 0 radical (unpaired) electrons. The lowest BCUT2D eigenvalue weighted by Crippen LogP contribution is -2.47. The Morgan fingerprint density at radius 3 is 2.33 bits per heavy atom. The first-order valence-electron chi connectivity index (χ1n) is 18.6. The molecule has 0 aromatic heterocycles. The van der Waals surface area contributed by atoms with Crippen molar-refractivity contribution in [2.75, 3.05) is 0 Å². The molecule has 7 aliphatic carbocycles. The summed E-state index contributed by atoms with van der Waals surface area (Å²) >= 11 is 0. The molecule has 0 spiro atoms. The Kier molecular flexibility index (Phi) is 9.27. The van der Waals surface area contributed by atoms with E-state index in [2.05, 4.69) is 90.1 Å². The van der Waals surface area contributed by atoms with Crippen molar-refractivity contribution in [3.63, 3.8) is 0 Å².